The molecule has 0 radical (unpaired) electrons. The van der Waals surface area contributed by atoms with Crippen molar-refractivity contribution in [3.05, 3.63) is 90.0 Å². The number of aromatic nitrogens is 3. The van der Waals surface area contributed by atoms with Gasteiger partial charge < -0.3 is 15.0 Å². The number of nitrogens with one attached hydrogen (secondary N) is 1. The predicted molar refractivity (Wildman–Crippen MR) is 122 cm³/mol. The van der Waals surface area contributed by atoms with Crippen molar-refractivity contribution in [1.82, 2.24) is 19.7 Å². The monoisotopic (exact) mass is 448 g/mol. The summed E-state index contributed by atoms with van der Waals surface area (Å²) in [6.45, 7) is 0.563. The number of phenols is 1. The molecule has 1 saturated heterocycles. The highest BCUT2D eigenvalue weighted by Crippen LogP contribution is 2.42. The first-order valence-corrected chi connectivity index (χ1v) is 11.3. The summed E-state index contributed by atoms with van der Waals surface area (Å²) in [6.07, 6.45) is 4.45. The molecule has 0 spiro atoms. The van der Waals surface area contributed by atoms with Crippen LogP contribution in [0.5, 0.6) is 5.75 Å². The van der Waals surface area contributed by atoms with Gasteiger partial charge in [0.15, 0.2) is 0 Å². The molecule has 6 nitrogen and oxygen atoms in total. The highest BCUT2D eigenvalue weighted by atomic mass is 32.2. The molecular weight excluding hydrogens is 427 g/mol. The Hall–Kier alpha value is -3.52. The number of benzene rings is 2. The number of aromatic amines is 1. The van der Waals surface area contributed by atoms with Gasteiger partial charge in [-0.1, -0.05) is 12.1 Å². The van der Waals surface area contributed by atoms with Crippen molar-refractivity contribution in [2.45, 2.75) is 11.8 Å². The van der Waals surface area contributed by atoms with E-state index in [2.05, 4.69) is 4.98 Å². The lowest BCUT2D eigenvalue weighted by Crippen LogP contribution is -2.30. The lowest BCUT2D eigenvalue weighted by atomic mass is 10.1. The number of hydrogen-bond donors (Lipinski definition) is 2. The summed E-state index contributed by atoms with van der Waals surface area (Å²) in [6, 6.07) is 17.1. The molecule has 0 aliphatic carbocycles. The zero-order valence-electron chi connectivity index (χ0n) is 17.1. The van der Waals surface area contributed by atoms with Crippen LogP contribution >= 0.6 is 11.8 Å². The second-order valence-corrected chi connectivity index (χ2v) is 8.67. The van der Waals surface area contributed by atoms with E-state index < -0.39 is 0 Å². The van der Waals surface area contributed by atoms with E-state index in [1.165, 1.54) is 12.1 Å². The van der Waals surface area contributed by atoms with Crippen LogP contribution in [0.1, 0.15) is 16.5 Å². The van der Waals surface area contributed by atoms with Gasteiger partial charge in [0.2, 0.25) is 5.91 Å². The Kier molecular flexibility index (Phi) is 5.45. The summed E-state index contributed by atoms with van der Waals surface area (Å²) >= 11 is 1.58. The number of nitrogens with zero attached hydrogens (tertiary/aromatic N) is 3. The Morgan fingerprint density at radius 1 is 1.12 bits per heavy atom. The van der Waals surface area contributed by atoms with Crippen LogP contribution in [-0.2, 0) is 11.2 Å². The van der Waals surface area contributed by atoms with Crippen molar-refractivity contribution in [1.29, 1.82) is 0 Å². The minimum atomic E-state index is -0.303. The summed E-state index contributed by atoms with van der Waals surface area (Å²) in [4.78, 5) is 17.8. The average molecular weight is 449 g/mol. The molecule has 2 N–H and O–H groups in total. The molecule has 1 fully saturated rings. The second kappa shape index (κ2) is 8.55. The topological polar surface area (TPSA) is 74.2 Å². The van der Waals surface area contributed by atoms with E-state index in [1.807, 2.05) is 41.6 Å². The van der Waals surface area contributed by atoms with E-state index in [-0.39, 0.29) is 22.8 Å². The molecule has 1 aliphatic heterocycles. The molecule has 8 heteroatoms. The summed E-state index contributed by atoms with van der Waals surface area (Å²) in [5.74, 6) is 0.420. The summed E-state index contributed by atoms with van der Waals surface area (Å²) in [5, 5.41) is 14.1. The number of H-pyrrole nitrogens is 1. The Bertz CT molecular complexity index is 1220. The van der Waals surface area contributed by atoms with E-state index in [0.717, 1.165) is 28.2 Å². The van der Waals surface area contributed by atoms with Gasteiger partial charge in [0.25, 0.3) is 0 Å². The van der Waals surface area contributed by atoms with Crippen LogP contribution in [-0.4, -0.2) is 43.0 Å². The molecular formula is C24H21FN4O2S. The highest BCUT2D eigenvalue weighted by Gasteiger charge is 2.35. The molecule has 1 atom stereocenters. The lowest BCUT2D eigenvalue weighted by molar-refractivity contribution is -0.128. The molecule has 32 heavy (non-hydrogen) atoms. The summed E-state index contributed by atoms with van der Waals surface area (Å²) in [7, 11) is 0. The maximum absolute atomic E-state index is 13.4. The Labute approximate surface area is 188 Å². The smallest absolute Gasteiger partial charge is 0.233 e. The molecule has 3 heterocycles. The number of carbonyl (C=O) groups excluding carboxylic acids is 1. The van der Waals surface area contributed by atoms with E-state index >= 15 is 0 Å². The third kappa shape index (κ3) is 4.01. The molecule has 162 valence electrons. The van der Waals surface area contributed by atoms with Gasteiger partial charge >= 0.3 is 0 Å². The zero-order valence-corrected chi connectivity index (χ0v) is 17.9. The van der Waals surface area contributed by atoms with Crippen LogP contribution in [0.2, 0.25) is 0 Å². The molecule has 0 bridgehead atoms. The van der Waals surface area contributed by atoms with Gasteiger partial charge in [-0.05, 0) is 60.5 Å². The minimum Gasteiger partial charge on any atom is -0.508 e. The third-order valence-electron chi connectivity index (χ3n) is 5.50. The number of amides is 1. The van der Waals surface area contributed by atoms with Gasteiger partial charge in [-0.3, -0.25) is 4.79 Å². The number of rotatable bonds is 6. The van der Waals surface area contributed by atoms with Crippen molar-refractivity contribution in [3.8, 4) is 22.8 Å². The van der Waals surface area contributed by atoms with E-state index in [0.29, 0.717) is 18.7 Å². The Morgan fingerprint density at radius 3 is 2.62 bits per heavy atom. The standard InChI is InChI=1S/C24H21FN4O2S/c25-17-5-7-18(8-6-17)29-14-20(23(27-29)21-2-1-12-26-21)24-28(22(31)15-32-24)13-11-16-3-9-19(30)10-4-16/h1-10,12,14,24,26,30H,11,13,15H2. The van der Waals surface area contributed by atoms with Crippen molar-refractivity contribution < 1.29 is 14.3 Å². The van der Waals surface area contributed by atoms with E-state index in [1.54, 1.807) is 40.7 Å². The number of hydrogen-bond acceptors (Lipinski definition) is 4. The van der Waals surface area contributed by atoms with Gasteiger partial charge in [-0.25, -0.2) is 9.07 Å². The number of phenolic OH excluding ortho intramolecular Hbond substituents is 1. The molecule has 1 unspecified atom stereocenters. The van der Waals surface area contributed by atoms with Gasteiger partial charge in [0.1, 0.15) is 22.6 Å². The number of aromatic hydroxyl groups is 1. The first-order chi connectivity index (χ1) is 15.6. The van der Waals surface area contributed by atoms with Crippen molar-refractivity contribution >= 4 is 17.7 Å². The highest BCUT2D eigenvalue weighted by molar-refractivity contribution is 8.00. The van der Waals surface area contributed by atoms with Gasteiger partial charge in [-0.15, -0.1) is 11.8 Å². The first-order valence-electron chi connectivity index (χ1n) is 10.3. The molecule has 5 rings (SSSR count). The van der Waals surface area contributed by atoms with Crippen LogP contribution < -0.4 is 0 Å². The SMILES string of the molecule is O=C1CSC(c2cn(-c3ccc(F)cc3)nc2-c2ccc[nH]2)N1CCc1ccc(O)cc1. The maximum Gasteiger partial charge on any atom is 0.233 e. The number of carbonyl (C=O) groups is 1. The largest absolute Gasteiger partial charge is 0.508 e. The molecule has 2 aromatic carbocycles. The molecule has 1 aliphatic rings. The Morgan fingerprint density at radius 2 is 1.91 bits per heavy atom. The van der Waals surface area contributed by atoms with Crippen molar-refractivity contribution in [3.63, 3.8) is 0 Å². The van der Waals surface area contributed by atoms with Crippen LogP contribution in [0.15, 0.2) is 73.1 Å². The third-order valence-corrected chi connectivity index (χ3v) is 6.74. The fraction of sp³-hybridized carbons (Fsp3) is 0.167. The van der Waals surface area contributed by atoms with Crippen LogP contribution in [0, 0.1) is 5.82 Å². The normalized spacial score (nSPS) is 16.1. The first kappa shape index (κ1) is 20.4. The van der Waals surface area contributed by atoms with Crippen LogP contribution in [0.4, 0.5) is 4.39 Å². The fourth-order valence-electron chi connectivity index (χ4n) is 3.85. The van der Waals surface area contributed by atoms with Gasteiger partial charge in [0.05, 0.1) is 17.1 Å². The van der Waals surface area contributed by atoms with E-state index in [4.69, 9.17) is 5.10 Å². The quantitative estimate of drug-likeness (QED) is 0.455. The molecule has 0 saturated carbocycles. The van der Waals surface area contributed by atoms with Crippen molar-refractivity contribution in [2.75, 3.05) is 12.3 Å². The summed E-state index contributed by atoms with van der Waals surface area (Å²) < 4.78 is 15.1. The zero-order chi connectivity index (χ0) is 22.1. The molecule has 2 aromatic heterocycles. The van der Waals surface area contributed by atoms with E-state index in [9.17, 15) is 14.3 Å². The maximum atomic E-state index is 13.4. The molecule has 1 amide bonds. The number of halogens is 1. The minimum absolute atomic E-state index is 0.0887. The summed E-state index contributed by atoms with van der Waals surface area (Å²) in [5.41, 5.74) is 4.35. The molecule has 4 aromatic rings. The second-order valence-electron chi connectivity index (χ2n) is 7.60. The van der Waals surface area contributed by atoms with Crippen LogP contribution in [0.3, 0.4) is 0 Å². The number of thioether (sulfide) groups is 1. The van der Waals surface area contributed by atoms with Gasteiger partial charge in [0, 0.05) is 24.5 Å². The average Bonchev–Trinajstić information content (AvgIpc) is 3.53. The van der Waals surface area contributed by atoms with Gasteiger partial charge in [-0.2, -0.15) is 5.10 Å². The fourth-order valence-corrected chi connectivity index (χ4v) is 5.07. The lowest BCUT2D eigenvalue weighted by Gasteiger charge is -2.24. The van der Waals surface area contributed by atoms with Crippen LogP contribution in [0.25, 0.3) is 17.1 Å². The predicted octanol–water partition coefficient (Wildman–Crippen LogP) is 4.53. The Balaban J connectivity index is 1.48. The van der Waals surface area contributed by atoms with Crippen molar-refractivity contribution in [2.24, 2.45) is 0 Å².